The number of thiazole rings is 1. The number of nitrogens with zero attached hydrogens (tertiary/aromatic N) is 4. The predicted molar refractivity (Wildman–Crippen MR) is 151 cm³/mol. The molecule has 222 valence electrons. The second-order valence-electron chi connectivity index (χ2n) is 8.87. The van der Waals surface area contributed by atoms with Gasteiger partial charge in [0.2, 0.25) is 6.61 Å². The number of amides is 2. The van der Waals surface area contributed by atoms with Crippen LogP contribution in [0.4, 0.5) is 5.13 Å². The van der Waals surface area contributed by atoms with E-state index in [1.165, 1.54) is 53.6 Å². The number of benzene rings is 1. The molecule has 0 radical (unpaired) electrons. The molecule has 43 heavy (non-hydrogen) atoms. The van der Waals surface area contributed by atoms with Crippen LogP contribution in [0.3, 0.4) is 0 Å². The number of nitrogens with one attached hydrogen (secondary N) is 1. The number of allylic oxidation sites excluding steroid dienone is 1. The van der Waals surface area contributed by atoms with Crippen molar-refractivity contribution in [3.05, 3.63) is 58.4 Å². The van der Waals surface area contributed by atoms with E-state index in [2.05, 4.69) is 20.6 Å². The zero-order chi connectivity index (χ0) is 30.8. The van der Waals surface area contributed by atoms with Gasteiger partial charge in [0.15, 0.2) is 28.1 Å². The van der Waals surface area contributed by atoms with Crippen LogP contribution >= 0.6 is 23.1 Å². The van der Waals surface area contributed by atoms with Crippen molar-refractivity contribution >= 4 is 63.8 Å². The molecule has 0 saturated carbocycles. The first-order valence-corrected chi connectivity index (χ1v) is 14.0. The van der Waals surface area contributed by atoms with Gasteiger partial charge in [0.1, 0.15) is 28.5 Å². The quantitative estimate of drug-likeness (QED) is 0.0795. The molecule has 5 rings (SSSR count). The summed E-state index contributed by atoms with van der Waals surface area (Å²) in [6.07, 6.45) is 2.94. The van der Waals surface area contributed by atoms with E-state index in [0.717, 1.165) is 16.2 Å². The van der Waals surface area contributed by atoms with E-state index in [1.807, 2.05) is 0 Å². The lowest BCUT2D eigenvalue weighted by atomic mass is 10.0. The molecule has 2 aliphatic rings. The Morgan fingerprint density at radius 1 is 1.21 bits per heavy atom. The fourth-order valence-corrected chi connectivity index (χ4v) is 5.97. The highest BCUT2D eigenvalue weighted by molar-refractivity contribution is 8.00. The SMILES string of the molecule is Nc1nc(/C(=N/OCC(=O)O)C(=O)N[C@@H]2C(=O)N3C(C(=O)O)=C(/C=C/c4cc(-c5ccc(O)c(O)c5)no4)CS[C@H]23)cs1. The molecule has 2 amide bonds. The van der Waals surface area contributed by atoms with E-state index in [1.54, 1.807) is 0 Å². The number of thioether (sulfide) groups is 1. The van der Waals surface area contributed by atoms with Crippen molar-refractivity contribution in [1.82, 2.24) is 20.4 Å². The van der Waals surface area contributed by atoms with Gasteiger partial charge < -0.3 is 40.8 Å². The van der Waals surface area contributed by atoms with Crippen LogP contribution in [0.15, 0.2) is 56.7 Å². The number of aromatic hydroxyl groups is 2. The number of fused-ring (bicyclic) bond motifs is 1. The van der Waals surface area contributed by atoms with Crippen LogP contribution in [0.1, 0.15) is 11.5 Å². The van der Waals surface area contributed by atoms with Gasteiger partial charge in [-0.3, -0.25) is 14.5 Å². The van der Waals surface area contributed by atoms with Crippen molar-refractivity contribution in [3.8, 4) is 22.8 Å². The Labute approximate surface area is 248 Å². The van der Waals surface area contributed by atoms with E-state index in [4.69, 9.17) is 20.2 Å². The van der Waals surface area contributed by atoms with Crippen molar-refractivity contribution in [2.24, 2.45) is 5.16 Å². The van der Waals surface area contributed by atoms with Crippen LogP contribution in [0.25, 0.3) is 17.3 Å². The summed E-state index contributed by atoms with van der Waals surface area (Å²) in [5.74, 6) is -4.48. The highest BCUT2D eigenvalue weighted by atomic mass is 32.2. The smallest absolute Gasteiger partial charge is 0.352 e. The van der Waals surface area contributed by atoms with Crippen LogP contribution < -0.4 is 11.1 Å². The maximum atomic E-state index is 13.1. The number of rotatable bonds is 10. The number of phenols is 2. The van der Waals surface area contributed by atoms with Gasteiger partial charge in [-0.2, -0.15) is 0 Å². The lowest BCUT2D eigenvalue weighted by Gasteiger charge is -2.49. The summed E-state index contributed by atoms with van der Waals surface area (Å²) in [4.78, 5) is 58.8. The topological polar surface area (TPSA) is 251 Å². The van der Waals surface area contributed by atoms with Crippen molar-refractivity contribution in [2.45, 2.75) is 11.4 Å². The summed E-state index contributed by atoms with van der Waals surface area (Å²) in [5, 5.41) is 48.7. The van der Waals surface area contributed by atoms with E-state index < -0.39 is 47.5 Å². The third-order valence-electron chi connectivity index (χ3n) is 6.06. The maximum Gasteiger partial charge on any atom is 0.352 e. The summed E-state index contributed by atoms with van der Waals surface area (Å²) in [5.41, 5.74) is 6.07. The fraction of sp³-hybridized carbons (Fsp3) is 0.160. The largest absolute Gasteiger partial charge is 0.504 e. The molecule has 0 bridgehead atoms. The molecule has 2 atom stereocenters. The molecule has 2 aromatic heterocycles. The number of phenolic OH excluding ortho intramolecular Hbond substituents is 2. The molecule has 1 aromatic carbocycles. The lowest BCUT2D eigenvalue weighted by Crippen LogP contribution is -2.71. The Kier molecular flexibility index (Phi) is 8.04. The number of hydrogen-bond donors (Lipinski definition) is 6. The van der Waals surface area contributed by atoms with Crippen LogP contribution in [0.5, 0.6) is 11.5 Å². The minimum absolute atomic E-state index is 0.00152. The second kappa shape index (κ2) is 11.9. The van der Waals surface area contributed by atoms with Gasteiger partial charge in [0.25, 0.3) is 11.8 Å². The third kappa shape index (κ3) is 5.99. The van der Waals surface area contributed by atoms with E-state index >= 15 is 0 Å². The molecule has 3 aromatic rings. The summed E-state index contributed by atoms with van der Waals surface area (Å²) >= 11 is 2.21. The van der Waals surface area contributed by atoms with Gasteiger partial charge in [-0.1, -0.05) is 16.4 Å². The third-order valence-corrected chi connectivity index (χ3v) is 8.03. The number of nitrogens with two attached hydrogens (primary N) is 1. The number of aliphatic carboxylic acids is 2. The molecule has 1 saturated heterocycles. The summed E-state index contributed by atoms with van der Waals surface area (Å²) in [6.45, 7) is -0.830. The number of carboxylic acids is 2. The first-order valence-electron chi connectivity index (χ1n) is 12.1. The van der Waals surface area contributed by atoms with Crippen molar-refractivity contribution < 1.29 is 49.0 Å². The molecule has 0 aliphatic carbocycles. The molecular weight excluding hydrogens is 608 g/mol. The number of oxime groups is 1. The zero-order valence-corrected chi connectivity index (χ0v) is 23.2. The van der Waals surface area contributed by atoms with E-state index in [0.29, 0.717) is 16.8 Å². The van der Waals surface area contributed by atoms with E-state index in [9.17, 15) is 34.5 Å². The highest BCUT2D eigenvalue weighted by Gasteiger charge is 2.54. The summed E-state index contributed by atoms with van der Waals surface area (Å²) in [7, 11) is 0. The Hall–Kier alpha value is -5.36. The standard InChI is InChI=1S/C25H20N6O10S2/c26-25-27-14(9-43-25)18(30-40-7-17(34)35)21(36)28-19-22(37)31-20(24(38)39)11(8-42-23(19)31)1-3-12-6-13(29-41-12)10-2-4-15(32)16(33)5-10/h1-6,9,19,23,32-33H,7-8H2,(H2,26,27)(H,28,36)(H,34,35)(H,38,39)/b3-1+,30-18-/t19-,23-/m1/s1. The number of carbonyl (C=O) groups is 4. The lowest BCUT2D eigenvalue weighted by molar-refractivity contribution is -0.150. The Morgan fingerprint density at radius 2 is 2.00 bits per heavy atom. The average molecular weight is 629 g/mol. The van der Waals surface area contributed by atoms with Gasteiger partial charge >= 0.3 is 11.9 Å². The Balaban J connectivity index is 1.32. The molecule has 7 N–H and O–H groups in total. The number of hydrogen-bond acceptors (Lipinski definition) is 14. The Bertz CT molecular complexity index is 1730. The molecule has 18 heteroatoms. The second-order valence-corrected chi connectivity index (χ2v) is 10.9. The molecule has 0 unspecified atom stereocenters. The van der Waals surface area contributed by atoms with Crippen LogP contribution in [-0.4, -0.2) is 88.7 Å². The minimum Gasteiger partial charge on any atom is -0.504 e. The fourth-order valence-electron chi connectivity index (χ4n) is 4.10. The van der Waals surface area contributed by atoms with Crippen LogP contribution in [-0.2, 0) is 24.0 Å². The molecule has 2 aliphatic heterocycles. The van der Waals surface area contributed by atoms with Crippen molar-refractivity contribution in [2.75, 3.05) is 18.1 Å². The predicted octanol–water partition coefficient (Wildman–Crippen LogP) is 1.05. The number of anilines is 1. The molecule has 1 fully saturated rings. The van der Waals surface area contributed by atoms with Gasteiger partial charge in [-0.15, -0.1) is 23.1 Å². The van der Waals surface area contributed by atoms with Gasteiger partial charge in [0.05, 0.1) is 0 Å². The first-order chi connectivity index (χ1) is 20.5. The van der Waals surface area contributed by atoms with Gasteiger partial charge in [0, 0.05) is 22.8 Å². The Morgan fingerprint density at radius 3 is 2.67 bits per heavy atom. The van der Waals surface area contributed by atoms with Crippen LogP contribution in [0.2, 0.25) is 0 Å². The zero-order valence-electron chi connectivity index (χ0n) is 21.5. The monoisotopic (exact) mass is 628 g/mol. The van der Waals surface area contributed by atoms with E-state index in [-0.39, 0.29) is 39.5 Å². The van der Waals surface area contributed by atoms with Crippen molar-refractivity contribution in [1.29, 1.82) is 0 Å². The van der Waals surface area contributed by atoms with Gasteiger partial charge in [-0.05, 0) is 29.8 Å². The number of β-lactam (4-membered cyclic amide) rings is 1. The van der Waals surface area contributed by atoms with Gasteiger partial charge in [-0.25, -0.2) is 14.6 Å². The van der Waals surface area contributed by atoms with Crippen molar-refractivity contribution in [3.63, 3.8) is 0 Å². The maximum absolute atomic E-state index is 13.1. The number of carboxylic acid groups (broad SMARTS) is 2. The number of aromatic nitrogens is 2. The number of carbonyl (C=O) groups excluding carboxylic acids is 2. The normalized spacial score (nSPS) is 18.4. The number of nitrogen functional groups attached to an aromatic ring is 1. The average Bonchev–Trinajstić information content (AvgIpc) is 3.62. The first kappa shape index (κ1) is 29.1. The molecule has 0 spiro atoms. The summed E-state index contributed by atoms with van der Waals surface area (Å²) in [6, 6.07) is 4.55. The molecule has 4 heterocycles. The summed E-state index contributed by atoms with van der Waals surface area (Å²) < 4.78 is 5.27. The molecule has 16 nitrogen and oxygen atoms in total. The molecular formula is C25H20N6O10S2. The van der Waals surface area contributed by atoms with Crippen LogP contribution in [0, 0.1) is 0 Å². The highest BCUT2D eigenvalue weighted by Crippen LogP contribution is 2.41. The minimum atomic E-state index is -1.36.